The third-order valence-corrected chi connectivity index (χ3v) is 3.66. The number of aliphatic hydroxyl groups excluding tert-OH is 1. The summed E-state index contributed by atoms with van der Waals surface area (Å²) in [6.07, 6.45) is 1.71. The monoisotopic (exact) mass is 278 g/mol. The maximum Gasteiger partial charge on any atom is 0.252 e. The van der Waals surface area contributed by atoms with Gasteiger partial charge < -0.3 is 10.4 Å². The van der Waals surface area contributed by atoms with E-state index in [1.54, 1.807) is 17.6 Å². The molecule has 0 atom stereocenters. The Bertz CT molecular complexity index is 579. The highest BCUT2D eigenvalue weighted by Gasteiger charge is 2.08. The predicted octanol–water partition coefficient (Wildman–Crippen LogP) is 1.48. The molecule has 0 unspecified atom stereocenters. The number of rotatable bonds is 3. The van der Waals surface area contributed by atoms with Gasteiger partial charge in [-0.15, -0.1) is 22.7 Å². The summed E-state index contributed by atoms with van der Waals surface area (Å²) in [4.78, 5) is 16.7. The van der Waals surface area contributed by atoms with E-state index in [2.05, 4.69) is 22.1 Å². The van der Waals surface area contributed by atoms with Crippen LogP contribution in [0.2, 0.25) is 0 Å². The number of nitrogens with one attached hydrogen (secondary N) is 1. The number of aromatic nitrogens is 1. The lowest BCUT2D eigenvalue weighted by Crippen LogP contribution is -2.22. The first-order valence-corrected chi connectivity index (χ1v) is 6.90. The van der Waals surface area contributed by atoms with Crippen LogP contribution in [0.4, 0.5) is 0 Å². The zero-order valence-electron chi connectivity index (χ0n) is 9.34. The highest BCUT2D eigenvalue weighted by Crippen LogP contribution is 2.13. The van der Waals surface area contributed by atoms with Crippen molar-refractivity contribution in [2.24, 2.45) is 0 Å². The van der Waals surface area contributed by atoms with Crippen LogP contribution < -0.4 is 5.32 Å². The summed E-state index contributed by atoms with van der Waals surface area (Å²) in [5.41, 5.74) is 0.582. The number of amides is 1. The Morgan fingerprint density at radius 1 is 1.50 bits per heavy atom. The van der Waals surface area contributed by atoms with Crippen molar-refractivity contribution in [1.82, 2.24) is 10.3 Å². The smallest absolute Gasteiger partial charge is 0.252 e. The molecule has 4 nitrogen and oxygen atoms in total. The van der Waals surface area contributed by atoms with Crippen molar-refractivity contribution >= 4 is 28.6 Å². The summed E-state index contributed by atoms with van der Waals surface area (Å²) in [6, 6.07) is 1.71. The van der Waals surface area contributed by atoms with Crippen LogP contribution in [0, 0.1) is 11.8 Å². The standard InChI is InChI=1S/C12H10N2O2S2/c15-4-1-2-10-6-9(8-18-10)12(16)14-7-11-13-3-5-17-11/h3,5-6,8,15H,4,7H2,(H,14,16). The van der Waals surface area contributed by atoms with Gasteiger partial charge in [0.2, 0.25) is 0 Å². The normalized spacial score (nSPS) is 9.61. The first-order chi connectivity index (χ1) is 8.79. The van der Waals surface area contributed by atoms with Crippen LogP contribution in [0.15, 0.2) is 23.0 Å². The maximum absolute atomic E-state index is 11.8. The van der Waals surface area contributed by atoms with E-state index in [-0.39, 0.29) is 12.5 Å². The Morgan fingerprint density at radius 3 is 3.11 bits per heavy atom. The van der Waals surface area contributed by atoms with Crippen LogP contribution in [0.5, 0.6) is 0 Å². The molecule has 6 heteroatoms. The zero-order chi connectivity index (χ0) is 12.8. The Hall–Kier alpha value is -1.68. The molecule has 92 valence electrons. The number of hydrogen-bond donors (Lipinski definition) is 2. The van der Waals surface area contributed by atoms with Gasteiger partial charge in [0.15, 0.2) is 0 Å². The molecule has 0 radical (unpaired) electrons. The number of hydrogen-bond acceptors (Lipinski definition) is 5. The second kappa shape index (κ2) is 6.31. The highest BCUT2D eigenvalue weighted by atomic mass is 32.1. The number of aliphatic hydroxyl groups is 1. The largest absolute Gasteiger partial charge is 0.384 e. The molecule has 0 aliphatic carbocycles. The third kappa shape index (κ3) is 3.40. The highest BCUT2D eigenvalue weighted by molar-refractivity contribution is 7.10. The lowest BCUT2D eigenvalue weighted by atomic mass is 10.3. The van der Waals surface area contributed by atoms with Gasteiger partial charge in [-0.2, -0.15) is 0 Å². The van der Waals surface area contributed by atoms with E-state index in [1.165, 1.54) is 22.7 Å². The number of carbonyl (C=O) groups excluding carboxylic acids is 1. The first-order valence-electron chi connectivity index (χ1n) is 5.14. The van der Waals surface area contributed by atoms with Gasteiger partial charge in [-0.1, -0.05) is 11.8 Å². The quantitative estimate of drug-likeness (QED) is 0.836. The molecule has 0 fully saturated rings. The van der Waals surface area contributed by atoms with Crippen molar-refractivity contribution in [1.29, 1.82) is 0 Å². The van der Waals surface area contributed by atoms with E-state index in [0.717, 1.165) is 9.88 Å². The van der Waals surface area contributed by atoms with Crippen LogP contribution in [-0.4, -0.2) is 22.6 Å². The van der Waals surface area contributed by atoms with Crippen LogP contribution in [0.3, 0.4) is 0 Å². The summed E-state index contributed by atoms with van der Waals surface area (Å²) in [7, 11) is 0. The molecule has 0 spiro atoms. The molecule has 0 saturated heterocycles. The predicted molar refractivity (Wildman–Crippen MR) is 71.6 cm³/mol. The van der Waals surface area contributed by atoms with Gasteiger partial charge in [0.25, 0.3) is 5.91 Å². The summed E-state index contributed by atoms with van der Waals surface area (Å²) in [6.45, 7) is 0.257. The van der Waals surface area contributed by atoms with Gasteiger partial charge in [0.1, 0.15) is 11.6 Å². The average molecular weight is 278 g/mol. The van der Waals surface area contributed by atoms with E-state index < -0.39 is 0 Å². The number of carbonyl (C=O) groups is 1. The van der Waals surface area contributed by atoms with Gasteiger partial charge in [0.05, 0.1) is 17.0 Å². The molecule has 2 aromatic heterocycles. The van der Waals surface area contributed by atoms with Gasteiger partial charge >= 0.3 is 0 Å². The average Bonchev–Trinajstić information content (AvgIpc) is 3.04. The summed E-state index contributed by atoms with van der Waals surface area (Å²) < 4.78 is 0. The third-order valence-electron chi connectivity index (χ3n) is 2.04. The maximum atomic E-state index is 11.8. The fraction of sp³-hybridized carbons (Fsp3) is 0.167. The molecule has 0 saturated carbocycles. The van der Waals surface area contributed by atoms with Crippen molar-refractivity contribution in [3.63, 3.8) is 0 Å². The van der Waals surface area contributed by atoms with Crippen molar-refractivity contribution in [3.05, 3.63) is 38.5 Å². The fourth-order valence-electron chi connectivity index (χ4n) is 1.25. The second-order valence-electron chi connectivity index (χ2n) is 3.27. The Balaban J connectivity index is 1.94. The molecule has 2 heterocycles. The molecule has 0 aromatic carbocycles. The summed E-state index contributed by atoms with van der Waals surface area (Å²) in [5, 5.41) is 15.9. The Kier molecular flexibility index (Phi) is 4.47. The van der Waals surface area contributed by atoms with E-state index >= 15 is 0 Å². The van der Waals surface area contributed by atoms with E-state index in [4.69, 9.17) is 5.11 Å². The molecular weight excluding hydrogens is 268 g/mol. The second-order valence-corrected chi connectivity index (χ2v) is 5.16. The molecule has 1 amide bonds. The van der Waals surface area contributed by atoms with E-state index in [9.17, 15) is 4.79 Å². The number of nitrogens with zero attached hydrogens (tertiary/aromatic N) is 1. The first kappa shape index (κ1) is 12.8. The molecular formula is C12H10N2O2S2. The Morgan fingerprint density at radius 2 is 2.39 bits per heavy atom. The minimum Gasteiger partial charge on any atom is -0.384 e. The fourth-order valence-corrected chi connectivity index (χ4v) is 2.56. The van der Waals surface area contributed by atoms with Crippen molar-refractivity contribution < 1.29 is 9.90 Å². The lowest BCUT2D eigenvalue weighted by Gasteiger charge is -1.99. The molecule has 2 aromatic rings. The SMILES string of the molecule is O=C(NCc1nccs1)c1csc(C#CCO)c1. The van der Waals surface area contributed by atoms with Crippen molar-refractivity contribution in [3.8, 4) is 11.8 Å². The summed E-state index contributed by atoms with van der Waals surface area (Å²) in [5.74, 6) is 5.17. The van der Waals surface area contributed by atoms with Crippen LogP contribution in [0.25, 0.3) is 0 Å². The zero-order valence-corrected chi connectivity index (χ0v) is 11.0. The van der Waals surface area contributed by atoms with Crippen molar-refractivity contribution in [2.75, 3.05) is 6.61 Å². The van der Waals surface area contributed by atoms with Crippen LogP contribution in [-0.2, 0) is 6.54 Å². The van der Waals surface area contributed by atoms with E-state index in [0.29, 0.717) is 12.1 Å². The van der Waals surface area contributed by atoms with Crippen LogP contribution >= 0.6 is 22.7 Å². The Labute approximate surface area is 112 Å². The van der Waals surface area contributed by atoms with Gasteiger partial charge in [0, 0.05) is 17.0 Å². The molecule has 0 bridgehead atoms. The van der Waals surface area contributed by atoms with Crippen molar-refractivity contribution in [2.45, 2.75) is 6.54 Å². The minimum atomic E-state index is -0.177. The van der Waals surface area contributed by atoms with Gasteiger partial charge in [-0.25, -0.2) is 4.98 Å². The number of thiophene rings is 1. The van der Waals surface area contributed by atoms with E-state index in [1.807, 2.05) is 5.38 Å². The molecule has 2 rings (SSSR count). The topological polar surface area (TPSA) is 62.2 Å². The lowest BCUT2D eigenvalue weighted by molar-refractivity contribution is 0.0951. The van der Waals surface area contributed by atoms with Gasteiger partial charge in [-0.05, 0) is 6.07 Å². The molecule has 0 aliphatic rings. The molecule has 0 aliphatic heterocycles. The number of thiazole rings is 1. The molecule has 18 heavy (non-hydrogen) atoms. The van der Waals surface area contributed by atoms with Gasteiger partial charge in [-0.3, -0.25) is 4.79 Å². The van der Waals surface area contributed by atoms with Crippen LogP contribution in [0.1, 0.15) is 20.2 Å². The summed E-state index contributed by atoms with van der Waals surface area (Å²) >= 11 is 2.89. The molecule has 2 N–H and O–H groups in total. The minimum absolute atomic E-state index is 0.140.